The molecule has 2 aromatic heterocycles. The van der Waals surface area contributed by atoms with Crippen molar-refractivity contribution in [3.05, 3.63) is 20.0 Å². The Labute approximate surface area is 141 Å². The number of nitrogens with zero attached hydrogens (tertiary/aromatic N) is 4. The van der Waals surface area contributed by atoms with Crippen LogP contribution in [0, 0.1) is 0 Å². The number of hydrogen-bond acceptors (Lipinski definition) is 9. The molecule has 0 saturated carbocycles. The molecule has 23 heavy (non-hydrogen) atoms. The second-order valence-corrected chi connectivity index (χ2v) is 6.63. The molecule has 0 spiro atoms. The standard InChI is InChI=1S/C13H17N5O3S2/c1-3-21-13(20)12-18-16-9(23-12)7-5-4-6-8-15-17-11(22-8)10(19)14-2/h3-7H2,1-2H3,(H,14,19). The first kappa shape index (κ1) is 17.4. The van der Waals surface area contributed by atoms with E-state index in [2.05, 4.69) is 25.7 Å². The van der Waals surface area contributed by atoms with Crippen LogP contribution in [-0.4, -0.2) is 45.9 Å². The molecule has 1 amide bonds. The van der Waals surface area contributed by atoms with Gasteiger partial charge in [-0.15, -0.1) is 20.4 Å². The Morgan fingerprint density at radius 3 is 2.13 bits per heavy atom. The smallest absolute Gasteiger partial charge is 0.369 e. The average Bonchev–Trinajstić information content (AvgIpc) is 3.20. The van der Waals surface area contributed by atoms with Gasteiger partial charge in [0, 0.05) is 19.9 Å². The minimum atomic E-state index is -0.424. The molecule has 8 nitrogen and oxygen atoms in total. The third-order valence-corrected chi connectivity index (χ3v) is 4.78. The fourth-order valence-corrected chi connectivity index (χ4v) is 3.34. The fourth-order valence-electron chi connectivity index (χ4n) is 1.74. The van der Waals surface area contributed by atoms with Crippen LogP contribution in [0.25, 0.3) is 0 Å². The van der Waals surface area contributed by atoms with E-state index >= 15 is 0 Å². The van der Waals surface area contributed by atoms with Crippen LogP contribution in [0.1, 0.15) is 49.4 Å². The molecule has 0 bridgehead atoms. The van der Waals surface area contributed by atoms with E-state index in [1.54, 1.807) is 14.0 Å². The Morgan fingerprint density at radius 1 is 1.00 bits per heavy atom. The fraction of sp³-hybridized carbons (Fsp3) is 0.538. The maximum atomic E-state index is 11.5. The first-order valence-electron chi connectivity index (χ1n) is 7.18. The number of nitrogens with one attached hydrogen (secondary N) is 1. The zero-order valence-electron chi connectivity index (χ0n) is 12.9. The van der Waals surface area contributed by atoms with E-state index in [4.69, 9.17) is 4.74 Å². The Balaban J connectivity index is 1.74. The van der Waals surface area contributed by atoms with Crippen LogP contribution in [0.4, 0.5) is 0 Å². The van der Waals surface area contributed by atoms with Crippen LogP contribution in [-0.2, 0) is 17.6 Å². The molecule has 1 N–H and O–H groups in total. The molecule has 2 heterocycles. The molecule has 0 aliphatic heterocycles. The Hall–Kier alpha value is -1.94. The van der Waals surface area contributed by atoms with Gasteiger partial charge in [-0.2, -0.15) is 0 Å². The third kappa shape index (κ3) is 5.03. The van der Waals surface area contributed by atoms with Gasteiger partial charge < -0.3 is 10.1 Å². The van der Waals surface area contributed by atoms with Gasteiger partial charge in [0.2, 0.25) is 10.0 Å². The van der Waals surface area contributed by atoms with E-state index in [9.17, 15) is 9.59 Å². The van der Waals surface area contributed by atoms with Gasteiger partial charge in [-0.05, 0) is 19.8 Å². The largest absolute Gasteiger partial charge is 0.461 e. The van der Waals surface area contributed by atoms with Crippen molar-refractivity contribution >= 4 is 34.6 Å². The van der Waals surface area contributed by atoms with Crippen molar-refractivity contribution < 1.29 is 14.3 Å². The molecule has 2 aromatic rings. The first-order valence-corrected chi connectivity index (χ1v) is 8.81. The zero-order valence-corrected chi connectivity index (χ0v) is 14.5. The molecule has 124 valence electrons. The summed E-state index contributed by atoms with van der Waals surface area (Å²) < 4.78 is 4.88. The van der Waals surface area contributed by atoms with Gasteiger partial charge in [-0.3, -0.25) is 4.79 Å². The summed E-state index contributed by atoms with van der Waals surface area (Å²) >= 11 is 2.57. The van der Waals surface area contributed by atoms with Crippen LogP contribution in [0.15, 0.2) is 0 Å². The van der Waals surface area contributed by atoms with E-state index in [1.807, 2.05) is 0 Å². The lowest BCUT2D eigenvalue weighted by atomic mass is 10.2. The van der Waals surface area contributed by atoms with E-state index in [0.717, 1.165) is 35.7 Å². The van der Waals surface area contributed by atoms with Gasteiger partial charge in [-0.25, -0.2) is 4.79 Å². The first-order chi connectivity index (χ1) is 11.1. The Bertz CT molecular complexity index is 670. The summed E-state index contributed by atoms with van der Waals surface area (Å²) in [5, 5.41) is 20.5. The lowest BCUT2D eigenvalue weighted by Crippen LogP contribution is -2.17. The Kier molecular flexibility index (Phi) is 6.53. The number of unbranched alkanes of at least 4 members (excludes halogenated alkanes) is 1. The SMILES string of the molecule is CCOC(=O)c1nnc(CCCCc2nnc(C(=O)NC)s2)s1. The molecule has 10 heteroatoms. The van der Waals surface area contributed by atoms with Gasteiger partial charge >= 0.3 is 5.97 Å². The normalized spacial score (nSPS) is 10.5. The summed E-state index contributed by atoms with van der Waals surface area (Å²) in [5.41, 5.74) is 0. The summed E-state index contributed by atoms with van der Waals surface area (Å²) in [6.45, 7) is 2.08. The lowest BCUT2D eigenvalue weighted by Gasteiger charge is -1.96. The van der Waals surface area contributed by atoms with Crippen LogP contribution in [0.3, 0.4) is 0 Å². The molecule has 0 aliphatic rings. The summed E-state index contributed by atoms with van der Waals surface area (Å²) in [5.74, 6) is -0.638. The molecule has 0 atom stereocenters. The number of ether oxygens (including phenoxy) is 1. The van der Waals surface area contributed by atoms with Crippen LogP contribution >= 0.6 is 22.7 Å². The molecular weight excluding hydrogens is 338 g/mol. The molecule has 0 unspecified atom stereocenters. The molecule has 0 radical (unpaired) electrons. The van der Waals surface area contributed by atoms with Crippen molar-refractivity contribution in [1.29, 1.82) is 0 Å². The van der Waals surface area contributed by atoms with Crippen LogP contribution in [0.2, 0.25) is 0 Å². The maximum Gasteiger partial charge on any atom is 0.369 e. The highest BCUT2D eigenvalue weighted by molar-refractivity contribution is 7.13. The number of esters is 1. The quantitative estimate of drug-likeness (QED) is 0.564. The number of carbonyl (C=O) groups excluding carboxylic acids is 2. The van der Waals surface area contributed by atoms with E-state index < -0.39 is 5.97 Å². The summed E-state index contributed by atoms with van der Waals surface area (Å²) in [4.78, 5) is 22.9. The molecule has 0 fully saturated rings. The predicted molar refractivity (Wildman–Crippen MR) is 85.8 cm³/mol. The number of hydrogen-bond donors (Lipinski definition) is 1. The Morgan fingerprint density at radius 2 is 1.57 bits per heavy atom. The van der Waals surface area contributed by atoms with Crippen molar-refractivity contribution in [2.45, 2.75) is 32.6 Å². The van der Waals surface area contributed by atoms with Gasteiger partial charge in [-0.1, -0.05) is 22.7 Å². The minimum absolute atomic E-state index is 0.214. The second-order valence-electron chi connectivity index (χ2n) is 4.51. The molecule has 0 aromatic carbocycles. The maximum absolute atomic E-state index is 11.5. The van der Waals surface area contributed by atoms with Crippen molar-refractivity contribution in [2.75, 3.05) is 13.7 Å². The zero-order chi connectivity index (χ0) is 16.7. The second kappa shape index (κ2) is 8.63. The van der Waals surface area contributed by atoms with E-state index in [-0.39, 0.29) is 5.91 Å². The molecule has 0 saturated heterocycles. The van der Waals surface area contributed by atoms with Gasteiger partial charge in [0.15, 0.2) is 0 Å². The van der Waals surface area contributed by atoms with Gasteiger partial charge in [0.1, 0.15) is 10.0 Å². The molecular formula is C13H17N5O3S2. The highest BCUT2D eigenvalue weighted by atomic mass is 32.1. The number of amides is 1. The lowest BCUT2D eigenvalue weighted by molar-refractivity contribution is 0.0525. The van der Waals surface area contributed by atoms with Crippen molar-refractivity contribution in [2.24, 2.45) is 0 Å². The number of carbonyl (C=O) groups is 2. The minimum Gasteiger partial charge on any atom is -0.461 e. The van der Waals surface area contributed by atoms with Crippen molar-refractivity contribution in [1.82, 2.24) is 25.7 Å². The number of aromatic nitrogens is 4. The monoisotopic (exact) mass is 355 g/mol. The summed E-state index contributed by atoms with van der Waals surface area (Å²) in [6, 6.07) is 0. The van der Waals surface area contributed by atoms with Crippen LogP contribution < -0.4 is 5.32 Å². The van der Waals surface area contributed by atoms with Crippen LogP contribution in [0.5, 0.6) is 0 Å². The molecule has 0 aliphatic carbocycles. The van der Waals surface area contributed by atoms with Crippen molar-refractivity contribution in [3.8, 4) is 0 Å². The summed E-state index contributed by atoms with van der Waals surface area (Å²) in [7, 11) is 1.57. The molecule has 2 rings (SSSR count). The third-order valence-electron chi connectivity index (χ3n) is 2.84. The highest BCUT2D eigenvalue weighted by Gasteiger charge is 2.14. The predicted octanol–water partition coefficient (Wildman–Crippen LogP) is 1.49. The van der Waals surface area contributed by atoms with E-state index in [0.29, 0.717) is 16.6 Å². The topological polar surface area (TPSA) is 107 Å². The van der Waals surface area contributed by atoms with Gasteiger partial charge in [0.05, 0.1) is 6.61 Å². The van der Waals surface area contributed by atoms with Gasteiger partial charge in [0.25, 0.3) is 5.91 Å². The van der Waals surface area contributed by atoms with Crippen molar-refractivity contribution in [3.63, 3.8) is 0 Å². The summed E-state index contributed by atoms with van der Waals surface area (Å²) in [6.07, 6.45) is 3.30. The highest BCUT2D eigenvalue weighted by Crippen LogP contribution is 2.16. The van der Waals surface area contributed by atoms with E-state index in [1.165, 1.54) is 22.7 Å². The number of rotatable bonds is 8. The average molecular weight is 355 g/mol. The number of aryl methyl sites for hydroxylation is 2.